The van der Waals surface area contributed by atoms with Crippen LogP contribution in [0.15, 0.2) is 22.9 Å². The van der Waals surface area contributed by atoms with E-state index in [1.807, 2.05) is 0 Å². The van der Waals surface area contributed by atoms with E-state index < -0.39 is 0 Å². The number of urea groups is 1. The van der Waals surface area contributed by atoms with E-state index in [1.165, 1.54) is 0 Å². The van der Waals surface area contributed by atoms with E-state index in [9.17, 15) is 4.79 Å². The molecule has 7 nitrogen and oxygen atoms in total. The number of amides is 2. The standard InChI is InChI=1S/C15H18ClN5O2/c1-10-18-14(20-23-10)12-5-3-2-4-8-21(12)15(22)19-11-6-7-17-13(16)9-11/h6-7,9,12H,2-5,8H2,1H3,(H,17,19,22)/t12-/m0/s1. The molecule has 0 radical (unpaired) electrons. The summed E-state index contributed by atoms with van der Waals surface area (Å²) in [7, 11) is 0. The van der Waals surface area contributed by atoms with Gasteiger partial charge in [-0.3, -0.25) is 0 Å². The molecule has 3 rings (SSSR count). The molecule has 1 N–H and O–H groups in total. The second-order valence-corrected chi connectivity index (χ2v) is 5.91. The van der Waals surface area contributed by atoms with Gasteiger partial charge in [-0.2, -0.15) is 4.98 Å². The highest BCUT2D eigenvalue weighted by Gasteiger charge is 2.30. The second-order valence-electron chi connectivity index (χ2n) is 5.53. The number of likely N-dealkylation sites (tertiary alicyclic amines) is 1. The van der Waals surface area contributed by atoms with E-state index in [0.29, 0.717) is 29.1 Å². The van der Waals surface area contributed by atoms with Crippen molar-refractivity contribution in [3.8, 4) is 0 Å². The molecule has 2 amide bonds. The maximum Gasteiger partial charge on any atom is 0.322 e. The van der Waals surface area contributed by atoms with Crippen LogP contribution >= 0.6 is 11.6 Å². The average Bonchev–Trinajstić information content (AvgIpc) is 2.81. The number of nitrogens with zero attached hydrogens (tertiary/aromatic N) is 4. The Morgan fingerprint density at radius 1 is 1.43 bits per heavy atom. The molecule has 0 aliphatic carbocycles. The Balaban J connectivity index is 1.80. The number of carbonyl (C=O) groups excluding carboxylic acids is 1. The van der Waals surface area contributed by atoms with E-state index in [-0.39, 0.29) is 12.1 Å². The van der Waals surface area contributed by atoms with Gasteiger partial charge in [0.25, 0.3) is 0 Å². The molecule has 8 heteroatoms. The average molecular weight is 336 g/mol. The third-order valence-electron chi connectivity index (χ3n) is 3.83. The summed E-state index contributed by atoms with van der Waals surface area (Å²) in [5.41, 5.74) is 0.613. The van der Waals surface area contributed by atoms with Crippen molar-refractivity contribution in [3.05, 3.63) is 35.2 Å². The number of pyridine rings is 1. The van der Waals surface area contributed by atoms with Crippen LogP contribution in [0.1, 0.15) is 43.4 Å². The first-order valence-corrected chi connectivity index (χ1v) is 8.00. The molecule has 0 bridgehead atoms. The molecule has 0 spiro atoms. The molecule has 23 heavy (non-hydrogen) atoms. The zero-order chi connectivity index (χ0) is 16.2. The van der Waals surface area contributed by atoms with Gasteiger partial charge in [-0.1, -0.05) is 29.6 Å². The van der Waals surface area contributed by atoms with Crippen molar-refractivity contribution in [1.82, 2.24) is 20.0 Å². The van der Waals surface area contributed by atoms with Gasteiger partial charge in [-0.15, -0.1) is 0 Å². The molecule has 2 aromatic heterocycles. The van der Waals surface area contributed by atoms with Crippen LogP contribution in [0, 0.1) is 6.92 Å². The highest BCUT2D eigenvalue weighted by Crippen LogP contribution is 2.29. The molecular formula is C15H18ClN5O2. The maximum absolute atomic E-state index is 12.7. The molecule has 1 aliphatic heterocycles. The Labute approximate surface area is 139 Å². The molecule has 122 valence electrons. The number of rotatable bonds is 2. The van der Waals surface area contributed by atoms with Gasteiger partial charge in [0, 0.05) is 25.4 Å². The zero-order valence-corrected chi connectivity index (χ0v) is 13.6. The lowest BCUT2D eigenvalue weighted by Gasteiger charge is -2.27. The molecule has 1 fully saturated rings. The minimum atomic E-state index is -0.193. The molecule has 1 atom stereocenters. The number of hydrogen-bond donors (Lipinski definition) is 1. The minimum Gasteiger partial charge on any atom is -0.340 e. The number of aromatic nitrogens is 3. The van der Waals surface area contributed by atoms with E-state index in [4.69, 9.17) is 16.1 Å². The maximum atomic E-state index is 12.7. The monoisotopic (exact) mass is 335 g/mol. The highest BCUT2D eigenvalue weighted by atomic mass is 35.5. The van der Waals surface area contributed by atoms with Gasteiger partial charge in [0.2, 0.25) is 5.89 Å². The molecule has 0 saturated carbocycles. The third-order valence-corrected chi connectivity index (χ3v) is 4.04. The number of anilines is 1. The predicted molar refractivity (Wildman–Crippen MR) is 85.2 cm³/mol. The van der Waals surface area contributed by atoms with Crippen LogP contribution in [-0.2, 0) is 0 Å². The van der Waals surface area contributed by atoms with Crippen molar-refractivity contribution in [2.75, 3.05) is 11.9 Å². The van der Waals surface area contributed by atoms with Crippen molar-refractivity contribution in [2.45, 2.75) is 38.6 Å². The van der Waals surface area contributed by atoms with Gasteiger partial charge >= 0.3 is 6.03 Å². The zero-order valence-electron chi connectivity index (χ0n) is 12.8. The van der Waals surface area contributed by atoms with Crippen LogP contribution in [0.3, 0.4) is 0 Å². The number of hydrogen-bond acceptors (Lipinski definition) is 5. The van der Waals surface area contributed by atoms with Crippen molar-refractivity contribution in [3.63, 3.8) is 0 Å². The second kappa shape index (κ2) is 6.95. The van der Waals surface area contributed by atoms with Gasteiger partial charge in [-0.25, -0.2) is 9.78 Å². The smallest absolute Gasteiger partial charge is 0.322 e. The van der Waals surface area contributed by atoms with Gasteiger partial charge in [-0.05, 0) is 25.0 Å². The molecule has 2 aromatic rings. The first-order chi connectivity index (χ1) is 11.1. The Bertz CT molecular complexity index is 690. The van der Waals surface area contributed by atoms with Crippen LogP contribution in [0.4, 0.5) is 10.5 Å². The highest BCUT2D eigenvalue weighted by molar-refractivity contribution is 6.29. The molecule has 3 heterocycles. The molecular weight excluding hydrogens is 318 g/mol. The van der Waals surface area contributed by atoms with Crippen molar-refractivity contribution in [1.29, 1.82) is 0 Å². The van der Waals surface area contributed by atoms with Gasteiger partial charge in [0.1, 0.15) is 5.15 Å². The quantitative estimate of drug-likeness (QED) is 0.848. The molecule has 0 aromatic carbocycles. The van der Waals surface area contributed by atoms with Gasteiger partial charge in [0.05, 0.1) is 6.04 Å². The van der Waals surface area contributed by atoms with Gasteiger partial charge in [0.15, 0.2) is 5.82 Å². The summed E-state index contributed by atoms with van der Waals surface area (Å²) >= 11 is 5.86. The first-order valence-electron chi connectivity index (χ1n) is 7.63. The van der Waals surface area contributed by atoms with Crippen LogP contribution < -0.4 is 5.32 Å². The summed E-state index contributed by atoms with van der Waals surface area (Å²) in [5, 5.41) is 7.20. The Morgan fingerprint density at radius 3 is 3.04 bits per heavy atom. The van der Waals surface area contributed by atoms with Crippen molar-refractivity contribution < 1.29 is 9.32 Å². The molecule has 1 saturated heterocycles. The van der Waals surface area contributed by atoms with Crippen LogP contribution in [0.25, 0.3) is 0 Å². The lowest BCUT2D eigenvalue weighted by molar-refractivity contribution is 0.184. The van der Waals surface area contributed by atoms with Crippen molar-refractivity contribution in [2.24, 2.45) is 0 Å². The van der Waals surface area contributed by atoms with Crippen LogP contribution in [0.5, 0.6) is 0 Å². The normalized spacial score (nSPS) is 18.5. The van der Waals surface area contributed by atoms with E-state index in [0.717, 1.165) is 25.7 Å². The number of carbonyl (C=O) groups is 1. The van der Waals surface area contributed by atoms with Crippen LogP contribution in [-0.4, -0.2) is 32.6 Å². The fourth-order valence-electron chi connectivity index (χ4n) is 2.75. The SMILES string of the molecule is Cc1nc([C@@H]2CCCCCN2C(=O)Nc2ccnc(Cl)c2)no1. The molecule has 0 unspecified atom stereocenters. The minimum absolute atomic E-state index is 0.174. The van der Waals surface area contributed by atoms with E-state index in [2.05, 4.69) is 20.4 Å². The first kappa shape index (κ1) is 15.7. The number of nitrogens with one attached hydrogen (secondary N) is 1. The largest absolute Gasteiger partial charge is 0.340 e. The Kier molecular flexibility index (Phi) is 4.76. The predicted octanol–water partition coefficient (Wildman–Crippen LogP) is 3.58. The Morgan fingerprint density at radius 2 is 2.30 bits per heavy atom. The lowest BCUT2D eigenvalue weighted by Crippen LogP contribution is -2.38. The fourth-order valence-corrected chi connectivity index (χ4v) is 2.92. The van der Waals surface area contributed by atoms with E-state index in [1.54, 1.807) is 30.2 Å². The number of aryl methyl sites for hydroxylation is 1. The lowest BCUT2D eigenvalue weighted by atomic mass is 10.1. The number of halogens is 1. The summed E-state index contributed by atoms with van der Waals surface area (Å²) in [6.07, 6.45) is 5.45. The van der Waals surface area contributed by atoms with E-state index >= 15 is 0 Å². The summed E-state index contributed by atoms with van der Waals surface area (Å²) in [6.45, 7) is 2.40. The summed E-state index contributed by atoms with van der Waals surface area (Å²) in [4.78, 5) is 22.7. The van der Waals surface area contributed by atoms with Gasteiger partial charge < -0.3 is 14.7 Å². The Hall–Kier alpha value is -2.15. The summed E-state index contributed by atoms with van der Waals surface area (Å²) < 4.78 is 5.08. The van der Waals surface area contributed by atoms with Crippen LogP contribution in [0.2, 0.25) is 5.15 Å². The summed E-state index contributed by atoms with van der Waals surface area (Å²) in [5.74, 6) is 1.07. The third kappa shape index (κ3) is 3.79. The summed E-state index contributed by atoms with van der Waals surface area (Å²) in [6, 6.07) is 2.95. The molecule has 1 aliphatic rings. The van der Waals surface area contributed by atoms with Crippen molar-refractivity contribution >= 4 is 23.3 Å². The fraction of sp³-hybridized carbons (Fsp3) is 0.467. The topological polar surface area (TPSA) is 84.2 Å².